The first-order valence-electron chi connectivity index (χ1n) is 6.87. The normalized spacial score (nSPS) is 10.1. The molecule has 0 saturated carbocycles. The first-order valence-corrected chi connectivity index (χ1v) is 6.87. The summed E-state index contributed by atoms with van der Waals surface area (Å²) in [5.41, 5.74) is 6.08. The van der Waals surface area contributed by atoms with Crippen molar-refractivity contribution in [1.82, 2.24) is 0 Å². The van der Waals surface area contributed by atoms with E-state index in [4.69, 9.17) is 10.8 Å². The molecule has 0 aliphatic rings. The minimum absolute atomic E-state index is 0.105. The van der Waals surface area contributed by atoms with Crippen LogP contribution < -0.4 is 10.6 Å². The van der Waals surface area contributed by atoms with Crippen LogP contribution in [0.5, 0.6) is 0 Å². The number of hydrogen-bond acceptors (Lipinski definition) is 3. The Hall–Kier alpha value is -2.37. The lowest BCUT2D eigenvalue weighted by Gasteiger charge is -2.22. The summed E-state index contributed by atoms with van der Waals surface area (Å²) in [6.07, 6.45) is 1.88. The molecule has 114 valence electrons. The predicted octanol–water partition coefficient (Wildman–Crippen LogP) is 1.78. The number of carboxylic acids is 1. The molecule has 0 heterocycles. The highest BCUT2D eigenvalue weighted by Gasteiger charge is 2.16. The van der Waals surface area contributed by atoms with E-state index >= 15 is 0 Å². The molecule has 6 nitrogen and oxygen atoms in total. The molecule has 0 radical (unpaired) electrons. The molecule has 0 saturated heterocycles. The standard InChI is InChI=1S/C15H20N2O4/c1-2-3-4-13(18)17(10-9-14(19)20)12-7-5-11(6-8-12)15(16)21/h5-8H,2-4,9-10H2,1H3,(H2,16,21)(H,19,20). The molecule has 1 aromatic rings. The number of aliphatic carboxylic acids is 1. The fourth-order valence-electron chi connectivity index (χ4n) is 1.87. The van der Waals surface area contributed by atoms with Crippen LogP contribution in [0.15, 0.2) is 24.3 Å². The topological polar surface area (TPSA) is 101 Å². The molecular weight excluding hydrogens is 272 g/mol. The zero-order valence-corrected chi connectivity index (χ0v) is 12.0. The molecule has 6 heteroatoms. The van der Waals surface area contributed by atoms with Gasteiger partial charge in [0.25, 0.3) is 0 Å². The van der Waals surface area contributed by atoms with Crippen molar-refractivity contribution in [2.75, 3.05) is 11.4 Å². The highest BCUT2D eigenvalue weighted by molar-refractivity contribution is 5.96. The number of anilines is 1. The zero-order chi connectivity index (χ0) is 15.8. The molecule has 0 aromatic heterocycles. The fraction of sp³-hybridized carbons (Fsp3) is 0.400. The minimum atomic E-state index is -0.961. The Morgan fingerprint density at radius 3 is 2.24 bits per heavy atom. The molecule has 0 atom stereocenters. The van der Waals surface area contributed by atoms with Crippen molar-refractivity contribution in [2.45, 2.75) is 32.6 Å². The van der Waals surface area contributed by atoms with Gasteiger partial charge in [0.1, 0.15) is 0 Å². The second-order valence-corrected chi connectivity index (χ2v) is 4.70. The van der Waals surface area contributed by atoms with Gasteiger partial charge in [-0.2, -0.15) is 0 Å². The number of benzene rings is 1. The van der Waals surface area contributed by atoms with Crippen molar-refractivity contribution in [2.24, 2.45) is 5.73 Å². The van der Waals surface area contributed by atoms with Gasteiger partial charge in [0, 0.05) is 24.2 Å². The van der Waals surface area contributed by atoms with Crippen molar-refractivity contribution in [3.8, 4) is 0 Å². The summed E-state index contributed by atoms with van der Waals surface area (Å²) in [7, 11) is 0. The minimum Gasteiger partial charge on any atom is -0.481 e. The predicted molar refractivity (Wildman–Crippen MR) is 79.1 cm³/mol. The van der Waals surface area contributed by atoms with Gasteiger partial charge in [-0.05, 0) is 30.7 Å². The molecule has 0 spiro atoms. The second kappa shape index (κ2) is 8.04. The Labute approximate surface area is 123 Å². The Morgan fingerprint density at radius 1 is 1.14 bits per heavy atom. The lowest BCUT2D eigenvalue weighted by molar-refractivity contribution is -0.136. The SMILES string of the molecule is CCCCC(=O)N(CCC(=O)O)c1ccc(C(N)=O)cc1. The lowest BCUT2D eigenvalue weighted by Crippen LogP contribution is -2.32. The van der Waals surface area contributed by atoms with E-state index in [0.717, 1.165) is 12.8 Å². The van der Waals surface area contributed by atoms with Crippen LogP contribution in [0, 0.1) is 0 Å². The first-order chi connectivity index (χ1) is 9.95. The number of amides is 2. The summed E-state index contributed by atoms with van der Waals surface area (Å²) in [6, 6.07) is 6.26. The molecule has 0 unspecified atom stereocenters. The summed E-state index contributed by atoms with van der Waals surface area (Å²) in [5.74, 6) is -1.63. The van der Waals surface area contributed by atoms with Crippen LogP contribution in [0.1, 0.15) is 43.0 Å². The molecule has 0 bridgehead atoms. The van der Waals surface area contributed by atoms with Crippen LogP contribution in [0.4, 0.5) is 5.69 Å². The third kappa shape index (κ3) is 5.25. The molecule has 3 N–H and O–H groups in total. The number of primary amides is 1. The number of carbonyl (C=O) groups excluding carboxylic acids is 2. The first kappa shape index (κ1) is 16.7. The molecule has 0 aliphatic heterocycles. The maximum atomic E-state index is 12.2. The summed E-state index contributed by atoms with van der Waals surface area (Å²) in [4.78, 5) is 35.4. The molecule has 2 amide bonds. The largest absolute Gasteiger partial charge is 0.481 e. The highest BCUT2D eigenvalue weighted by atomic mass is 16.4. The van der Waals surface area contributed by atoms with E-state index < -0.39 is 11.9 Å². The van der Waals surface area contributed by atoms with Crippen LogP contribution in [0.2, 0.25) is 0 Å². The Balaban J connectivity index is 2.90. The molecule has 1 rings (SSSR count). The van der Waals surface area contributed by atoms with Gasteiger partial charge in [0.05, 0.1) is 6.42 Å². The number of hydrogen-bond donors (Lipinski definition) is 2. The van der Waals surface area contributed by atoms with Gasteiger partial charge in [0.15, 0.2) is 0 Å². The summed E-state index contributed by atoms with van der Waals surface area (Å²) in [6.45, 7) is 2.09. The maximum absolute atomic E-state index is 12.2. The van der Waals surface area contributed by atoms with E-state index in [1.165, 1.54) is 17.0 Å². The third-order valence-corrected chi connectivity index (χ3v) is 3.06. The number of nitrogens with zero attached hydrogens (tertiary/aromatic N) is 1. The van der Waals surface area contributed by atoms with Crippen LogP contribution in [-0.4, -0.2) is 29.4 Å². The lowest BCUT2D eigenvalue weighted by atomic mass is 10.1. The van der Waals surface area contributed by atoms with Gasteiger partial charge >= 0.3 is 5.97 Å². The number of unbranched alkanes of at least 4 members (excludes halogenated alkanes) is 1. The van der Waals surface area contributed by atoms with E-state index in [1.54, 1.807) is 12.1 Å². The van der Waals surface area contributed by atoms with E-state index in [9.17, 15) is 14.4 Å². The Morgan fingerprint density at radius 2 is 1.76 bits per heavy atom. The monoisotopic (exact) mass is 292 g/mol. The molecule has 0 fully saturated rings. The smallest absolute Gasteiger partial charge is 0.305 e. The number of nitrogens with two attached hydrogens (primary N) is 1. The van der Waals surface area contributed by atoms with Crippen molar-refractivity contribution in [1.29, 1.82) is 0 Å². The van der Waals surface area contributed by atoms with Crippen LogP contribution in [0.3, 0.4) is 0 Å². The zero-order valence-electron chi connectivity index (χ0n) is 12.0. The van der Waals surface area contributed by atoms with Gasteiger partial charge in [-0.3, -0.25) is 14.4 Å². The second-order valence-electron chi connectivity index (χ2n) is 4.70. The van der Waals surface area contributed by atoms with Gasteiger partial charge < -0.3 is 15.7 Å². The van der Waals surface area contributed by atoms with Crippen molar-refractivity contribution in [3.05, 3.63) is 29.8 Å². The quantitative estimate of drug-likeness (QED) is 0.762. The maximum Gasteiger partial charge on any atom is 0.305 e. The molecular formula is C15H20N2O4. The van der Waals surface area contributed by atoms with E-state index in [0.29, 0.717) is 17.7 Å². The summed E-state index contributed by atoms with van der Waals surface area (Å²) in [5, 5.41) is 8.78. The van der Waals surface area contributed by atoms with E-state index in [-0.39, 0.29) is 18.9 Å². The number of rotatable bonds is 8. The van der Waals surface area contributed by atoms with Crippen LogP contribution >= 0.6 is 0 Å². The highest BCUT2D eigenvalue weighted by Crippen LogP contribution is 2.17. The van der Waals surface area contributed by atoms with Gasteiger partial charge in [-0.25, -0.2) is 0 Å². The average Bonchev–Trinajstić information content (AvgIpc) is 2.45. The Kier molecular flexibility index (Phi) is 6.39. The third-order valence-electron chi connectivity index (χ3n) is 3.06. The Bertz CT molecular complexity index is 511. The van der Waals surface area contributed by atoms with Gasteiger partial charge in [-0.15, -0.1) is 0 Å². The molecule has 0 aliphatic carbocycles. The average molecular weight is 292 g/mol. The summed E-state index contributed by atoms with van der Waals surface area (Å²) < 4.78 is 0. The summed E-state index contributed by atoms with van der Waals surface area (Å²) >= 11 is 0. The van der Waals surface area contributed by atoms with Gasteiger partial charge in [0.2, 0.25) is 11.8 Å². The molecule has 21 heavy (non-hydrogen) atoms. The van der Waals surface area contributed by atoms with Crippen molar-refractivity contribution in [3.63, 3.8) is 0 Å². The van der Waals surface area contributed by atoms with E-state index in [1.807, 2.05) is 6.92 Å². The van der Waals surface area contributed by atoms with E-state index in [2.05, 4.69) is 0 Å². The van der Waals surface area contributed by atoms with Crippen molar-refractivity contribution < 1.29 is 19.5 Å². The number of carboxylic acid groups (broad SMARTS) is 1. The van der Waals surface area contributed by atoms with Gasteiger partial charge in [-0.1, -0.05) is 13.3 Å². The number of carbonyl (C=O) groups is 3. The van der Waals surface area contributed by atoms with Crippen molar-refractivity contribution >= 4 is 23.5 Å². The van der Waals surface area contributed by atoms with Crippen LogP contribution in [-0.2, 0) is 9.59 Å². The molecule has 1 aromatic carbocycles. The fourth-order valence-corrected chi connectivity index (χ4v) is 1.87. The van der Waals surface area contributed by atoms with Crippen LogP contribution in [0.25, 0.3) is 0 Å².